The molecular weight excluding hydrogens is 224 g/mol. The highest BCUT2D eigenvalue weighted by Gasteiger charge is 2.39. The Hall–Kier alpha value is -1.51. The third-order valence-electron chi connectivity index (χ3n) is 3.99. The van der Waals surface area contributed by atoms with Crippen LogP contribution in [-0.2, 0) is 4.79 Å². The third-order valence-corrected chi connectivity index (χ3v) is 3.99. The van der Waals surface area contributed by atoms with Gasteiger partial charge in [-0.25, -0.2) is 0 Å². The van der Waals surface area contributed by atoms with Crippen LogP contribution in [0.2, 0.25) is 0 Å². The van der Waals surface area contributed by atoms with Crippen LogP contribution in [0, 0.1) is 5.41 Å². The summed E-state index contributed by atoms with van der Waals surface area (Å²) in [7, 11) is 0. The normalized spacial score (nSPS) is 17.7. The summed E-state index contributed by atoms with van der Waals surface area (Å²) in [6.45, 7) is 4.83. The third kappa shape index (κ3) is 2.35. The first-order valence-corrected chi connectivity index (χ1v) is 6.74. The Morgan fingerprint density at radius 2 is 1.83 bits per heavy atom. The van der Waals surface area contributed by atoms with E-state index in [9.17, 15) is 4.79 Å². The molecular formula is C15H22N2O. The standard InChI is InChI=1S/C15H22N2O/c1-3-17(13-8-6-12(16)7-9-13)14(18)15(2)10-4-5-11-15/h6-9H,3-5,10-11,16H2,1-2H3. The summed E-state index contributed by atoms with van der Waals surface area (Å²) >= 11 is 0. The van der Waals surface area contributed by atoms with Crippen molar-refractivity contribution in [3.05, 3.63) is 24.3 Å². The van der Waals surface area contributed by atoms with E-state index in [1.165, 1.54) is 12.8 Å². The quantitative estimate of drug-likeness (QED) is 0.832. The lowest BCUT2D eigenvalue weighted by Crippen LogP contribution is -2.41. The van der Waals surface area contributed by atoms with Gasteiger partial charge in [-0.05, 0) is 44.0 Å². The fraction of sp³-hybridized carbons (Fsp3) is 0.533. The molecule has 1 aliphatic carbocycles. The summed E-state index contributed by atoms with van der Waals surface area (Å²) in [5.41, 5.74) is 7.20. The molecule has 2 N–H and O–H groups in total. The summed E-state index contributed by atoms with van der Waals surface area (Å²) in [5, 5.41) is 0. The van der Waals surface area contributed by atoms with E-state index in [0.717, 1.165) is 24.2 Å². The predicted octanol–water partition coefficient (Wildman–Crippen LogP) is 3.20. The Labute approximate surface area is 109 Å². The van der Waals surface area contributed by atoms with Crippen LogP contribution in [0.25, 0.3) is 0 Å². The summed E-state index contributed by atoms with van der Waals surface area (Å²) in [5.74, 6) is 0.257. The maximum atomic E-state index is 12.7. The van der Waals surface area contributed by atoms with Crippen molar-refractivity contribution in [2.75, 3.05) is 17.2 Å². The molecule has 1 aromatic carbocycles. The summed E-state index contributed by atoms with van der Waals surface area (Å²) in [6, 6.07) is 7.55. The molecule has 1 aliphatic rings. The number of hydrogen-bond donors (Lipinski definition) is 1. The van der Waals surface area contributed by atoms with Gasteiger partial charge in [-0.2, -0.15) is 0 Å². The zero-order valence-electron chi connectivity index (χ0n) is 11.3. The number of nitrogens with two attached hydrogens (primary N) is 1. The molecule has 0 bridgehead atoms. The Balaban J connectivity index is 2.23. The summed E-state index contributed by atoms with van der Waals surface area (Å²) in [4.78, 5) is 14.6. The molecule has 3 heteroatoms. The predicted molar refractivity (Wildman–Crippen MR) is 75.5 cm³/mol. The smallest absolute Gasteiger partial charge is 0.232 e. The topological polar surface area (TPSA) is 46.3 Å². The monoisotopic (exact) mass is 246 g/mol. The van der Waals surface area contributed by atoms with Gasteiger partial charge < -0.3 is 10.6 Å². The zero-order valence-corrected chi connectivity index (χ0v) is 11.3. The second-order valence-electron chi connectivity index (χ2n) is 5.41. The number of carbonyl (C=O) groups is 1. The molecule has 18 heavy (non-hydrogen) atoms. The van der Waals surface area contributed by atoms with Crippen molar-refractivity contribution in [1.29, 1.82) is 0 Å². The molecule has 1 fully saturated rings. The van der Waals surface area contributed by atoms with Crippen LogP contribution in [0.5, 0.6) is 0 Å². The van der Waals surface area contributed by atoms with Crippen molar-refractivity contribution in [3.63, 3.8) is 0 Å². The Morgan fingerprint density at radius 3 is 2.33 bits per heavy atom. The van der Waals surface area contributed by atoms with Gasteiger partial charge in [0.05, 0.1) is 0 Å². The van der Waals surface area contributed by atoms with Crippen molar-refractivity contribution >= 4 is 17.3 Å². The Morgan fingerprint density at radius 1 is 1.28 bits per heavy atom. The number of nitrogens with zero attached hydrogens (tertiary/aromatic N) is 1. The maximum Gasteiger partial charge on any atom is 0.232 e. The number of anilines is 2. The van der Waals surface area contributed by atoms with Gasteiger partial charge >= 0.3 is 0 Å². The molecule has 0 heterocycles. The van der Waals surface area contributed by atoms with Gasteiger partial charge in [0.2, 0.25) is 5.91 Å². The van der Waals surface area contributed by atoms with Crippen molar-refractivity contribution in [2.24, 2.45) is 5.41 Å². The minimum Gasteiger partial charge on any atom is -0.399 e. The van der Waals surface area contributed by atoms with E-state index in [1.54, 1.807) is 0 Å². The molecule has 0 saturated heterocycles. The highest BCUT2D eigenvalue weighted by molar-refractivity contribution is 5.97. The molecule has 1 saturated carbocycles. The van der Waals surface area contributed by atoms with Crippen LogP contribution in [0.4, 0.5) is 11.4 Å². The van der Waals surface area contributed by atoms with Gasteiger partial charge in [0.1, 0.15) is 0 Å². The molecule has 0 atom stereocenters. The van der Waals surface area contributed by atoms with E-state index >= 15 is 0 Å². The van der Waals surface area contributed by atoms with Gasteiger partial charge in [-0.3, -0.25) is 4.79 Å². The van der Waals surface area contributed by atoms with E-state index in [-0.39, 0.29) is 11.3 Å². The van der Waals surface area contributed by atoms with E-state index in [1.807, 2.05) is 36.1 Å². The van der Waals surface area contributed by atoms with Crippen molar-refractivity contribution in [1.82, 2.24) is 0 Å². The van der Waals surface area contributed by atoms with Crippen LogP contribution in [0.1, 0.15) is 39.5 Å². The first-order valence-electron chi connectivity index (χ1n) is 6.74. The van der Waals surface area contributed by atoms with Crippen LogP contribution < -0.4 is 10.6 Å². The number of carbonyl (C=O) groups excluding carboxylic acids is 1. The minimum absolute atomic E-state index is 0.169. The van der Waals surface area contributed by atoms with E-state index < -0.39 is 0 Å². The molecule has 0 aliphatic heterocycles. The van der Waals surface area contributed by atoms with Gasteiger partial charge in [0, 0.05) is 23.3 Å². The Bertz CT molecular complexity index is 419. The van der Waals surface area contributed by atoms with Gasteiger partial charge in [0.15, 0.2) is 0 Å². The van der Waals surface area contributed by atoms with Crippen molar-refractivity contribution < 1.29 is 4.79 Å². The second-order valence-corrected chi connectivity index (χ2v) is 5.41. The number of rotatable bonds is 3. The molecule has 0 aromatic heterocycles. The largest absolute Gasteiger partial charge is 0.399 e. The van der Waals surface area contributed by atoms with Crippen LogP contribution in [0.3, 0.4) is 0 Å². The SMILES string of the molecule is CCN(C(=O)C1(C)CCCC1)c1ccc(N)cc1. The van der Waals surface area contributed by atoms with Gasteiger partial charge in [0.25, 0.3) is 0 Å². The second kappa shape index (κ2) is 5.01. The highest BCUT2D eigenvalue weighted by atomic mass is 16.2. The number of hydrogen-bond acceptors (Lipinski definition) is 2. The first-order chi connectivity index (χ1) is 8.57. The maximum absolute atomic E-state index is 12.7. The van der Waals surface area contributed by atoms with E-state index in [2.05, 4.69) is 6.92 Å². The van der Waals surface area contributed by atoms with Crippen LogP contribution >= 0.6 is 0 Å². The van der Waals surface area contributed by atoms with Gasteiger partial charge in [-0.15, -0.1) is 0 Å². The summed E-state index contributed by atoms with van der Waals surface area (Å²) in [6.07, 6.45) is 4.36. The number of nitrogen functional groups attached to an aromatic ring is 1. The molecule has 2 rings (SSSR count). The average molecular weight is 246 g/mol. The number of benzene rings is 1. The summed E-state index contributed by atoms with van der Waals surface area (Å²) < 4.78 is 0. The van der Waals surface area contributed by atoms with E-state index in [0.29, 0.717) is 6.54 Å². The van der Waals surface area contributed by atoms with E-state index in [4.69, 9.17) is 5.73 Å². The minimum atomic E-state index is -0.169. The molecule has 1 aromatic rings. The average Bonchev–Trinajstić information content (AvgIpc) is 2.81. The zero-order chi connectivity index (χ0) is 13.2. The number of amides is 1. The fourth-order valence-corrected chi connectivity index (χ4v) is 2.79. The van der Waals surface area contributed by atoms with Crippen LogP contribution in [-0.4, -0.2) is 12.5 Å². The van der Waals surface area contributed by atoms with Gasteiger partial charge in [-0.1, -0.05) is 19.8 Å². The van der Waals surface area contributed by atoms with Crippen molar-refractivity contribution in [3.8, 4) is 0 Å². The fourth-order valence-electron chi connectivity index (χ4n) is 2.79. The lowest BCUT2D eigenvalue weighted by Gasteiger charge is -2.31. The lowest BCUT2D eigenvalue weighted by atomic mass is 9.87. The highest BCUT2D eigenvalue weighted by Crippen LogP contribution is 2.40. The molecule has 0 radical (unpaired) electrons. The first kappa shape index (κ1) is 12.9. The molecule has 0 unspecified atom stereocenters. The lowest BCUT2D eigenvalue weighted by molar-refractivity contribution is -0.127. The van der Waals surface area contributed by atoms with Crippen molar-refractivity contribution in [2.45, 2.75) is 39.5 Å². The van der Waals surface area contributed by atoms with Crippen LogP contribution in [0.15, 0.2) is 24.3 Å². The molecule has 98 valence electrons. The molecule has 0 spiro atoms. The molecule has 1 amide bonds. The molecule has 3 nitrogen and oxygen atoms in total. The Kier molecular flexibility index (Phi) is 3.60.